The van der Waals surface area contributed by atoms with Crippen LogP contribution in [0.3, 0.4) is 0 Å². The number of carboxylic acids is 1. The number of carbonyl (C=O) groups excluding carboxylic acids is 3. The minimum absolute atomic E-state index is 0.00581. The van der Waals surface area contributed by atoms with Crippen molar-refractivity contribution in [2.75, 3.05) is 6.54 Å². The second-order valence-electron chi connectivity index (χ2n) is 12.2. The zero-order valence-corrected chi connectivity index (χ0v) is 22.2. The van der Waals surface area contributed by atoms with Crippen LogP contribution in [-0.4, -0.2) is 62.2 Å². The van der Waals surface area contributed by atoms with E-state index in [2.05, 4.69) is 15.3 Å². The third-order valence-corrected chi connectivity index (χ3v) is 8.64. The topological polar surface area (TPSA) is 130 Å². The summed E-state index contributed by atoms with van der Waals surface area (Å²) in [6.45, 7) is 6.05. The number of aliphatic carboxylic acids is 1. The predicted octanol–water partition coefficient (Wildman–Crippen LogP) is 3.49. The summed E-state index contributed by atoms with van der Waals surface area (Å²) in [5, 5.41) is 13.0. The highest BCUT2D eigenvalue weighted by atomic mass is 16.4. The average molecular weight is 513 g/mol. The van der Waals surface area contributed by atoms with E-state index in [1.165, 1.54) is 23.5 Å². The van der Waals surface area contributed by atoms with Gasteiger partial charge < -0.3 is 15.3 Å². The van der Waals surface area contributed by atoms with E-state index >= 15 is 0 Å². The molecular weight excluding hydrogens is 472 g/mol. The van der Waals surface area contributed by atoms with Gasteiger partial charge in [0.15, 0.2) is 5.78 Å². The number of fused-ring (bicyclic) bond motifs is 1. The van der Waals surface area contributed by atoms with Crippen molar-refractivity contribution in [1.29, 1.82) is 0 Å². The van der Waals surface area contributed by atoms with Crippen LogP contribution >= 0.6 is 0 Å². The molecule has 1 aliphatic heterocycles. The standard InChI is InChI=1S/C28H40N4O5/c1-28(2,3)24(26(35)32-16-18-10-7-11-19(18)23(32)27(36)37)31-25(34)20(17-8-5-4-6-9-17)14-22(33)21-15-29-12-13-30-21/h12-13,15,17-20,23-24H,4-11,14,16H2,1-3H3,(H,31,34)(H,36,37)/t18-,19-,20-,23-,24+/m0/s1. The van der Waals surface area contributed by atoms with Gasteiger partial charge in [0.2, 0.25) is 11.8 Å². The van der Waals surface area contributed by atoms with Gasteiger partial charge in [0, 0.05) is 31.3 Å². The second-order valence-corrected chi connectivity index (χ2v) is 12.2. The molecule has 9 nitrogen and oxygen atoms in total. The van der Waals surface area contributed by atoms with Crippen molar-refractivity contribution in [2.45, 2.75) is 90.6 Å². The number of Topliss-reactive ketones (excluding diaryl/α,β-unsaturated/α-hetero) is 1. The highest BCUT2D eigenvalue weighted by molar-refractivity contribution is 5.98. The molecule has 1 aromatic rings. The Morgan fingerprint density at radius 1 is 1.05 bits per heavy atom. The monoisotopic (exact) mass is 512 g/mol. The third-order valence-electron chi connectivity index (χ3n) is 8.64. The molecular formula is C28H40N4O5. The average Bonchev–Trinajstić information content (AvgIpc) is 3.47. The van der Waals surface area contributed by atoms with Gasteiger partial charge in [-0.15, -0.1) is 0 Å². The number of ketones is 1. The summed E-state index contributed by atoms with van der Waals surface area (Å²) in [4.78, 5) is 62.5. The van der Waals surface area contributed by atoms with Crippen molar-refractivity contribution < 1.29 is 24.3 Å². The fourth-order valence-electron chi connectivity index (χ4n) is 6.67. The lowest BCUT2D eigenvalue weighted by atomic mass is 9.76. The van der Waals surface area contributed by atoms with Crippen molar-refractivity contribution in [3.63, 3.8) is 0 Å². The lowest BCUT2D eigenvalue weighted by molar-refractivity contribution is -0.152. The molecule has 2 saturated carbocycles. The minimum atomic E-state index is -0.976. The quantitative estimate of drug-likeness (QED) is 0.510. The lowest BCUT2D eigenvalue weighted by Gasteiger charge is -2.37. The molecule has 0 unspecified atom stereocenters. The Labute approximate surface area is 218 Å². The maximum atomic E-state index is 13.9. The zero-order valence-electron chi connectivity index (χ0n) is 22.2. The maximum Gasteiger partial charge on any atom is 0.326 e. The summed E-state index contributed by atoms with van der Waals surface area (Å²) in [5.74, 6) is -2.25. The van der Waals surface area contributed by atoms with Crippen LogP contribution in [0.5, 0.6) is 0 Å². The molecule has 0 bridgehead atoms. The van der Waals surface area contributed by atoms with E-state index in [1.54, 1.807) is 0 Å². The van der Waals surface area contributed by atoms with E-state index in [-0.39, 0.29) is 47.5 Å². The number of likely N-dealkylation sites (tertiary alicyclic amines) is 1. The van der Waals surface area contributed by atoms with Crippen LogP contribution in [0.1, 0.15) is 89.0 Å². The second kappa shape index (κ2) is 11.3. The van der Waals surface area contributed by atoms with Crippen LogP contribution in [0.4, 0.5) is 0 Å². The predicted molar refractivity (Wildman–Crippen MR) is 136 cm³/mol. The molecule has 2 amide bonds. The van der Waals surface area contributed by atoms with Crippen molar-refractivity contribution in [1.82, 2.24) is 20.2 Å². The molecule has 3 fully saturated rings. The van der Waals surface area contributed by atoms with E-state index in [9.17, 15) is 24.3 Å². The summed E-state index contributed by atoms with van der Waals surface area (Å²) < 4.78 is 0. The fourth-order valence-corrected chi connectivity index (χ4v) is 6.67. The van der Waals surface area contributed by atoms with Gasteiger partial charge in [-0.2, -0.15) is 0 Å². The van der Waals surface area contributed by atoms with Gasteiger partial charge in [-0.25, -0.2) is 9.78 Å². The van der Waals surface area contributed by atoms with E-state index in [0.717, 1.165) is 51.4 Å². The number of aromatic nitrogens is 2. The number of nitrogens with one attached hydrogen (secondary N) is 1. The van der Waals surface area contributed by atoms with Crippen LogP contribution < -0.4 is 5.32 Å². The molecule has 2 aliphatic carbocycles. The maximum absolute atomic E-state index is 13.9. The lowest BCUT2D eigenvalue weighted by Crippen LogP contribution is -2.58. The van der Waals surface area contributed by atoms with Gasteiger partial charge in [0.05, 0.1) is 6.20 Å². The van der Waals surface area contributed by atoms with Crippen LogP contribution in [0, 0.1) is 29.1 Å². The molecule has 0 aromatic carbocycles. The third kappa shape index (κ3) is 6.02. The molecule has 9 heteroatoms. The fraction of sp³-hybridized carbons (Fsp3) is 0.714. The Morgan fingerprint density at radius 2 is 1.78 bits per heavy atom. The smallest absolute Gasteiger partial charge is 0.326 e. The van der Waals surface area contributed by atoms with Gasteiger partial charge in [0.25, 0.3) is 0 Å². The van der Waals surface area contributed by atoms with Crippen LogP contribution in [0.25, 0.3) is 0 Å². The van der Waals surface area contributed by atoms with Crippen LogP contribution in [0.2, 0.25) is 0 Å². The number of carbonyl (C=O) groups is 4. The summed E-state index contributed by atoms with van der Waals surface area (Å²) in [7, 11) is 0. The first kappa shape index (κ1) is 27.2. The first-order chi connectivity index (χ1) is 17.6. The number of hydrogen-bond donors (Lipinski definition) is 2. The van der Waals surface area contributed by atoms with Gasteiger partial charge in [-0.3, -0.25) is 19.4 Å². The number of carboxylic acid groups (broad SMARTS) is 1. The minimum Gasteiger partial charge on any atom is -0.480 e. The zero-order chi connectivity index (χ0) is 26.7. The van der Waals surface area contributed by atoms with Crippen molar-refractivity contribution in [2.24, 2.45) is 29.1 Å². The molecule has 202 valence electrons. The molecule has 0 spiro atoms. The van der Waals surface area contributed by atoms with Crippen molar-refractivity contribution in [3.8, 4) is 0 Å². The molecule has 3 aliphatic rings. The van der Waals surface area contributed by atoms with Gasteiger partial charge >= 0.3 is 5.97 Å². The highest BCUT2D eigenvalue weighted by Crippen LogP contribution is 2.43. The van der Waals surface area contributed by atoms with Gasteiger partial charge in [0.1, 0.15) is 17.8 Å². The van der Waals surface area contributed by atoms with Crippen LogP contribution in [0.15, 0.2) is 18.6 Å². The van der Waals surface area contributed by atoms with Crippen molar-refractivity contribution >= 4 is 23.6 Å². The normalized spacial score (nSPS) is 25.8. The largest absolute Gasteiger partial charge is 0.480 e. The molecule has 5 atom stereocenters. The SMILES string of the molecule is CC(C)(C)[C@H](NC(=O)[C@@H](CC(=O)c1cnccn1)C1CCCCC1)C(=O)N1C[C@@H]2CCC[C@@H]2[C@H]1C(=O)O. The van der Waals surface area contributed by atoms with Crippen LogP contribution in [-0.2, 0) is 14.4 Å². The number of amides is 2. The molecule has 0 radical (unpaired) electrons. The first-order valence-electron chi connectivity index (χ1n) is 13.7. The molecule has 37 heavy (non-hydrogen) atoms. The van der Waals surface area contributed by atoms with E-state index in [1.807, 2.05) is 20.8 Å². The summed E-state index contributed by atoms with van der Waals surface area (Å²) in [6.07, 6.45) is 11.9. The number of hydrogen-bond acceptors (Lipinski definition) is 6. The van der Waals surface area contributed by atoms with Crippen molar-refractivity contribution in [3.05, 3.63) is 24.3 Å². The number of nitrogens with zero attached hydrogens (tertiary/aromatic N) is 3. The molecule has 2 N–H and O–H groups in total. The summed E-state index contributed by atoms with van der Waals surface area (Å²) >= 11 is 0. The molecule has 1 saturated heterocycles. The summed E-state index contributed by atoms with van der Waals surface area (Å²) in [5.41, 5.74) is -0.410. The Bertz CT molecular complexity index is 1000. The van der Waals surface area contributed by atoms with E-state index in [0.29, 0.717) is 6.54 Å². The Hall–Kier alpha value is -2.84. The first-order valence-corrected chi connectivity index (χ1v) is 13.7. The highest BCUT2D eigenvalue weighted by Gasteiger charge is 2.52. The van der Waals surface area contributed by atoms with Gasteiger partial charge in [-0.05, 0) is 48.9 Å². The Morgan fingerprint density at radius 3 is 2.41 bits per heavy atom. The Balaban J connectivity index is 1.56. The van der Waals surface area contributed by atoms with E-state index in [4.69, 9.17) is 0 Å². The molecule has 2 heterocycles. The molecule has 1 aromatic heterocycles. The van der Waals surface area contributed by atoms with Gasteiger partial charge in [-0.1, -0.05) is 46.5 Å². The molecule has 4 rings (SSSR count). The summed E-state index contributed by atoms with van der Waals surface area (Å²) in [6, 6.07) is -1.74. The Kier molecular flexibility index (Phi) is 8.29. The van der Waals surface area contributed by atoms with E-state index < -0.39 is 29.4 Å². The number of rotatable bonds is 8.